The predicted molar refractivity (Wildman–Crippen MR) is 154 cm³/mol. The lowest BCUT2D eigenvalue weighted by Crippen LogP contribution is -2.39. The molecule has 0 bridgehead atoms. The standard InChI is InChI=1S/C31H26Cl2F2N4O2/c32-24-10-9-19(15-25(24)33)17-37-31(41)23-18-36-30(21-5-2-1-3-6-21)38-29(23)20-11-13-39(14-12-20)28(40)16-22-26(34)7-4-8-27(22)35/h1-10,15,18,20H,11-14,16-17H2,(H,37,41). The van der Waals surface area contributed by atoms with Gasteiger partial charge in [0.25, 0.3) is 5.91 Å². The highest BCUT2D eigenvalue weighted by Gasteiger charge is 2.29. The third-order valence-corrected chi connectivity index (χ3v) is 7.90. The number of nitrogens with zero attached hydrogens (tertiary/aromatic N) is 3. The molecule has 4 aromatic rings. The van der Waals surface area contributed by atoms with Crippen molar-refractivity contribution in [2.24, 2.45) is 0 Å². The molecular weight excluding hydrogens is 569 g/mol. The first-order valence-corrected chi connectivity index (χ1v) is 13.9. The highest BCUT2D eigenvalue weighted by Crippen LogP contribution is 2.31. The van der Waals surface area contributed by atoms with Gasteiger partial charge in [0.2, 0.25) is 5.91 Å². The Labute approximate surface area is 246 Å². The van der Waals surface area contributed by atoms with E-state index in [-0.39, 0.29) is 36.3 Å². The first-order chi connectivity index (χ1) is 19.8. The minimum atomic E-state index is -0.737. The summed E-state index contributed by atoms with van der Waals surface area (Å²) in [6, 6.07) is 18.2. The van der Waals surface area contributed by atoms with Crippen LogP contribution >= 0.6 is 23.2 Å². The van der Waals surface area contributed by atoms with Gasteiger partial charge in [-0.25, -0.2) is 18.7 Å². The minimum absolute atomic E-state index is 0.125. The fraction of sp³-hybridized carbons (Fsp3) is 0.226. The molecule has 2 heterocycles. The van der Waals surface area contributed by atoms with Gasteiger partial charge in [-0.15, -0.1) is 0 Å². The molecule has 0 radical (unpaired) electrons. The summed E-state index contributed by atoms with van der Waals surface area (Å²) in [6.45, 7) is 0.971. The highest BCUT2D eigenvalue weighted by molar-refractivity contribution is 6.42. The van der Waals surface area contributed by atoms with E-state index in [2.05, 4.69) is 10.3 Å². The van der Waals surface area contributed by atoms with Gasteiger partial charge in [0.05, 0.1) is 27.7 Å². The maximum Gasteiger partial charge on any atom is 0.254 e. The van der Waals surface area contributed by atoms with Crippen molar-refractivity contribution in [3.63, 3.8) is 0 Å². The van der Waals surface area contributed by atoms with Gasteiger partial charge in [0, 0.05) is 42.9 Å². The van der Waals surface area contributed by atoms with Crippen molar-refractivity contribution in [3.05, 3.63) is 117 Å². The molecule has 0 saturated carbocycles. The van der Waals surface area contributed by atoms with E-state index < -0.39 is 11.6 Å². The molecule has 10 heteroatoms. The Morgan fingerprint density at radius 3 is 2.32 bits per heavy atom. The summed E-state index contributed by atoms with van der Waals surface area (Å²) in [5.74, 6) is -1.78. The molecule has 0 atom stereocenters. The molecule has 1 N–H and O–H groups in total. The molecule has 3 aromatic carbocycles. The van der Waals surface area contributed by atoms with Crippen LogP contribution in [0.5, 0.6) is 0 Å². The number of nitrogens with one attached hydrogen (secondary N) is 1. The van der Waals surface area contributed by atoms with Crippen LogP contribution in [0.25, 0.3) is 11.4 Å². The summed E-state index contributed by atoms with van der Waals surface area (Å²) in [7, 11) is 0. The fourth-order valence-electron chi connectivity index (χ4n) is 4.90. The summed E-state index contributed by atoms with van der Waals surface area (Å²) in [6.07, 6.45) is 2.25. The topological polar surface area (TPSA) is 75.2 Å². The number of hydrogen-bond acceptors (Lipinski definition) is 4. The number of hydrogen-bond donors (Lipinski definition) is 1. The highest BCUT2D eigenvalue weighted by atomic mass is 35.5. The normalized spacial score (nSPS) is 13.7. The third-order valence-electron chi connectivity index (χ3n) is 7.16. The van der Waals surface area contributed by atoms with Gasteiger partial charge in [-0.1, -0.05) is 65.7 Å². The Balaban J connectivity index is 1.34. The fourth-order valence-corrected chi connectivity index (χ4v) is 5.22. The van der Waals surface area contributed by atoms with Crippen LogP contribution in [0.2, 0.25) is 10.0 Å². The number of benzene rings is 3. The Morgan fingerprint density at radius 2 is 1.63 bits per heavy atom. The smallest absolute Gasteiger partial charge is 0.254 e. The average molecular weight is 595 g/mol. The van der Waals surface area contributed by atoms with Crippen LogP contribution in [0.15, 0.2) is 72.9 Å². The van der Waals surface area contributed by atoms with Crippen LogP contribution < -0.4 is 5.32 Å². The number of aromatic nitrogens is 2. The maximum absolute atomic E-state index is 14.1. The van der Waals surface area contributed by atoms with E-state index in [1.165, 1.54) is 12.3 Å². The molecule has 1 aliphatic heterocycles. The predicted octanol–water partition coefficient (Wildman–Crippen LogP) is 6.61. The van der Waals surface area contributed by atoms with Gasteiger partial charge in [-0.3, -0.25) is 9.59 Å². The Bertz CT molecular complexity index is 1560. The number of halogens is 4. The first-order valence-electron chi connectivity index (χ1n) is 13.2. The quantitative estimate of drug-likeness (QED) is 0.261. The number of rotatable bonds is 7. The molecule has 2 amide bonds. The van der Waals surface area contributed by atoms with Crippen molar-refractivity contribution in [1.29, 1.82) is 0 Å². The molecule has 1 aliphatic rings. The average Bonchev–Trinajstić information content (AvgIpc) is 2.99. The van der Waals surface area contributed by atoms with Crippen molar-refractivity contribution in [2.45, 2.75) is 31.7 Å². The van der Waals surface area contributed by atoms with E-state index >= 15 is 0 Å². The van der Waals surface area contributed by atoms with Crippen LogP contribution in [0.1, 0.15) is 45.9 Å². The zero-order valence-electron chi connectivity index (χ0n) is 21.9. The van der Waals surface area contributed by atoms with E-state index in [4.69, 9.17) is 28.2 Å². The second kappa shape index (κ2) is 12.7. The Hall–Kier alpha value is -3.88. The zero-order chi connectivity index (χ0) is 28.9. The van der Waals surface area contributed by atoms with Gasteiger partial charge in [-0.05, 0) is 42.7 Å². The number of piperidine rings is 1. The van der Waals surface area contributed by atoms with E-state index in [0.717, 1.165) is 23.3 Å². The van der Waals surface area contributed by atoms with Crippen molar-refractivity contribution >= 4 is 35.0 Å². The molecule has 0 spiro atoms. The lowest BCUT2D eigenvalue weighted by molar-refractivity contribution is -0.131. The third kappa shape index (κ3) is 6.72. The van der Waals surface area contributed by atoms with Crippen LogP contribution in [0, 0.1) is 11.6 Å². The second-order valence-electron chi connectivity index (χ2n) is 9.82. The first kappa shape index (κ1) is 28.6. The number of carbonyl (C=O) groups excluding carboxylic acids is 2. The molecule has 0 unspecified atom stereocenters. The summed E-state index contributed by atoms with van der Waals surface area (Å²) in [4.78, 5) is 37.1. The van der Waals surface area contributed by atoms with E-state index in [1.807, 2.05) is 30.3 Å². The van der Waals surface area contributed by atoms with Crippen LogP contribution in [-0.4, -0.2) is 39.8 Å². The lowest BCUT2D eigenvalue weighted by atomic mass is 9.90. The van der Waals surface area contributed by atoms with E-state index in [9.17, 15) is 18.4 Å². The minimum Gasteiger partial charge on any atom is -0.348 e. The van der Waals surface area contributed by atoms with Crippen LogP contribution in [0.4, 0.5) is 8.78 Å². The number of likely N-dealkylation sites (tertiary alicyclic amines) is 1. The molecule has 210 valence electrons. The molecule has 1 aromatic heterocycles. The largest absolute Gasteiger partial charge is 0.348 e. The van der Waals surface area contributed by atoms with Gasteiger partial charge < -0.3 is 10.2 Å². The summed E-state index contributed by atoms with van der Waals surface area (Å²) >= 11 is 12.1. The van der Waals surface area contributed by atoms with Crippen molar-refractivity contribution in [2.75, 3.05) is 13.1 Å². The zero-order valence-corrected chi connectivity index (χ0v) is 23.4. The SMILES string of the molecule is O=C(NCc1ccc(Cl)c(Cl)c1)c1cnc(-c2ccccc2)nc1C1CCN(C(=O)Cc2c(F)cccc2F)CC1. The van der Waals surface area contributed by atoms with E-state index in [1.54, 1.807) is 23.1 Å². The summed E-state index contributed by atoms with van der Waals surface area (Å²) in [5, 5.41) is 3.73. The maximum atomic E-state index is 14.1. The summed E-state index contributed by atoms with van der Waals surface area (Å²) in [5.41, 5.74) is 2.31. The van der Waals surface area contributed by atoms with Gasteiger partial charge in [-0.2, -0.15) is 0 Å². The Morgan fingerprint density at radius 1 is 0.927 bits per heavy atom. The van der Waals surface area contributed by atoms with Crippen molar-refractivity contribution < 1.29 is 18.4 Å². The van der Waals surface area contributed by atoms with Gasteiger partial charge in [0.1, 0.15) is 11.6 Å². The monoisotopic (exact) mass is 594 g/mol. The second-order valence-corrected chi connectivity index (χ2v) is 10.6. The number of amides is 2. The molecule has 6 nitrogen and oxygen atoms in total. The Kier molecular flexibility index (Phi) is 8.90. The summed E-state index contributed by atoms with van der Waals surface area (Å²) < 4.78 is 28.2. The van der Waals surface area contributed by atoms with Crippen LogP contribution in [-0.2, 0) is 17.8 Å². The van der Waals surface area contributed by atoms with Crippen LogP contribution in [0.3, 0.4) is 0 Å². The molecule has 41 heavy (non-hydrogen) atoms. The number of carbonyl (C=O) groups is 2. The molecular formula is C31H26Cl2F2N4O2. The van der Waals surface area contributed by atoms with Gasteiger partial charge in [0.15, 0.2) is 5.82 Å². The molecule has 5 rings (SSSR count). The lowest BCUT2D eigenvalue weighted by Gasteiger charge is -2.32. The van der Waals surface area contributed by atoms with E-state index in [0.29, 0.717) is 53.1 Å². The molecule has 0 aliphatic carbocycles. The van der Waals surface area contributed by atoms with Crippen molar-refractivity contribution in [3.8, 4) is 11.4 Å². The molecule has 1 saturated heterocycles. The van der Waals surface area contributed by atoms with Crippen molar-refractivity contribution in [1.82, 2.24) is 20.2 Å². The van der Waals surface area contributed by atoms with Gasteiger partial charge >= 0.3 is 0 Å². The molecule has 1 fully saturated rings.